The molecule has 0 spiro atoms. The van der Waals surface area contributed by atoms with E-state index in [1.807, 2.05) is 0 Å². The number of sulfonamides is 1. The normalized spacial score (nSPS) is 11.1. The van der Waals surface area contributed by atoms with Crippen LogP contribution in [0.25, 0.3) is 0 Å². The zero-order valence-electron chi connectivity index (χ0n) is 11.1. The maximum atomic E-state index is 12.3. The van der Waals surface area contributed by atoms with Crippen LogP contribution in [0.1, 0.15) is 5.56 Å². The summed E-state index contributed by atoms with van der Waals surface area (Å²) in [4.78, 5) is 9.80. The van der Waals surface area contributed by atoms with Crippen LogP contribution in [0.15, 0.2) is 47.4 Å². The summed E-state index contributed by atoms with van der Waals surface area (Å²) in [6.07, 6.45) is 0. The highest BCUT2D eigenvalue weighted by molar-refractivity contribution is 7.92. The Labute approximate surface area is 121 Å². The van der Waals surface area contributed by atoms with E-state index in [0.29, 0.717) is 11.3 Å². The molecule has 2 aromatic carbocycles. The van der Waals surface area contributed by atoms with Gasteiger partial charge in [0.05, 0.1) is 10.6 Å². The van der Waals surface area contributed by atoms with E-state index in [4.69, 9.17) is 5.73 Å². The van der Waals surface area contributed by atoms with Crippen LogP contribution in [0.3, 0.4) is 0 Å². The maximum absolute atomic E-state index is 12.3. The molecule has 3 N–H and O–H groups in total. The third kappa shape index (κ3) is 3.11. The molecule has 0 unspecified atom stereocenters. The fourth-order valence-corrected chi connectivity index (χ4v) is 3.08. The zero-order chi connectivity index (χ0) is 15.6. The lowest BCUT2D eigenvalue weighted by Gasteiger charge is -2.10. The summed E-state index contributed by atoms with van der Waals surface area (Å²) < 4.78 is 27.0. The number of hydrogen-bond donors (Lipinski definition) is 2. The number of hydrogen-bond acceptors (Lipinski definition) is 5. The highest BCUT2D eigenvalue weighted by Crippen LogP contribution is 2.28. The number of nitro benzene ring substituents is 1. The van der Waals surface area contributed by atoms with Crippen molar-refractivity contribution >= 4 is 27.1 Å². The standard InChI is InChI=1S/C13H13N3O4S/c1-9-4-2-3-5-11(9)15-21(19,20)13-7-6-10(14)8-12(13)16(17)18/h2-8,15H,14H2,1H3. The molecule has 8 heteroatoms. The van der Waals surface area contributed by atoms with Crippen LogP contribution in [0.5, 0.6) is 0 Å². The summed E-state index contributed by atoms with van der Waals surface area (Å²) >= 11 is 0. The van der Waals surface area contributed by atoms with Gasteiger partial charge in [0.2, 0.25) is 0 Å². The molecule has 0 bridgehead atoms. The van der Waals surface area contributed by atoms with Gasteiger partial charge in [0.15, 0.2) is 4.90 Å². The van der Waals surface area contributed by atoms with Gasteiger partial charge in [-0.15, -0.1) is 0 Å². The molecule has 0 aromatic heterocycles. The average molecular weight is 307 g/mol. The Bertz CT molecular complexity index is 803. The van der Waals surface area contributed by atoms with Gasteiger partial charge in [-0.1, -0.05) is 18.2 Å². The lowest BCUT2D eigenvalue weighted by Crippen LogP contribution is -2.15. The van der Waals surface area contributed by atoms with E-state index in [9.17, 15) is 18.5 Å². The van der Waals surface area contributed by atoms with E-state index in [-0.39, 0.29) is 5.69 Å². The second-order valence-corrected chi connectivity index (χ2v) is 6.06. The van der Waals surface area contributed by atoms with Gasteiger partial charge in [-0.25, -0.2) is 8.42 Å². The van der Waals surface area contributed by atoms with Crippen molar-refractivity contribution in [3.8, 4) is 0 Å². The van der Waals surface area contributed by atoms with Gasteiger partial charge in [0.25, 0.3) is 15.7 Å². The minimum atomic E-state index is -4.08. The van der Waals surface area contributed by atoms with Crippen LogP contribution >= 0.6 is 0 Å². The van der Waals surface area contributed by atoms with Gasteiger partial charge in [0.1, 0.15) is 0 Å². The number of anilines is 2. The molecule has 0 aliphatic carbocycles. The number of nitro groups is 1. The molecule has 0 atom stereocenters. The second-order valence-electron chi connectivity index (χ2n) is 4.40. The first-order valence-electron chi connectivity index (χ1n) is 5.93. The fraction of sp³-hybridized carbons (Fsp3) is 0.0769. The van der Waals surface area contributed by atoms with Gasteiger partial charge < -0.3 is 5.73 Å². The first-order chi connectivity index (χ1) is 9.81. The van der Waals surface area contributed by atoms with Crippen molar-refractivity contribution in [1.82, 2.24) is 0 Å². The number of aryl methyl sites for hydroxylation is 1. The van der Waals surface area contributed by atoms with Gasteiger partial charge in [-0.3, -0.25) is 14.8 Å². The fourth-order valence-electron chi connectivity index (χ4n) is 1.79. The summed E-state index contributed by atoms with van der Waals surface area (Å²) in [6.45, 7) is 1.73. The summed E-state index contributed by atoms with van der Waals surface area (Å²) in [7, 11) is -4.08. The van der Waals surface area contributed by atoms with E-state index in [0.717, 1.165) is 12.1 Å². The Morgan fingerprint density at radius 1 is 1.19 bits per heavy atom. The van der Waals surface area contributed by atoms with Crippen molar-refractivity contribution in [2.24, 2.45) is 0 Å². The van der Waals surface area contributed by atoms with Gasteiger partial charge in [-0.05, 0) is 30.7 Å². The molecule has 0 fully saturated rings. The van der Waals surface area contributed by atoms with Gasteiger partial charge >= 0.3 is 0 Å². The smallest absolute Gasteiger partial charge is 0.291 e. The molecule has 0 aliphatic heterocycles. The predicted octanol–water partition coefficient (Wildman–Crippen LogP) is 2.29. The highest BCUT2D eigenvalue weighted by atomic mass is 32.2. The Kier molecular flexibility index (Phi) is 3.81. The third-order valence-corrected chi connectivity index (χ3v) is 4.27. The molecule has 0 heterocycles. The average Bonchev–Trinajstić information content (AvgIpc) is 2.40. The number of nitrogens with one attached hydrogen (secondary N) is 1. The SMILES string of the molecule is Cc1ccccc1NS(=O)(=O)c1ccc(N)cc1[N+](=O)[O-]. The third-order valence-electron chi connectivity index (χ3n) is 2.86. The number of para-hydroxylation sites is 1. The summed E-state index contributed by atoms with van der Waals surface area (Å²) in [5, 5.41) is 11.0. The number of rotatable bonds is 4. The molecule has 2 rings (SSSR count). The van der Waals surface area contributed by atoms with Crippen molar-refractivity contribution in [1.29, 1.82) is 0 Å². The molecular formula is C13H13N3O4S. The largest absolute Gasteiger partial charge is 0.399 e. The minimum absolute atomic E-state index is 0.122. The molecule has 2 aromatic rings. The van der Waals surface area contributed by atoms with E-state index in [1.54, 1.807) is 31.2 Å². The molecule has 0 saturated carbocycles. The van der Waals surface area contributed by atoms with Crippen LogP contribution in [-0.4, -0.2) is 13.3 Å². The molecule has 0 saturated heterocycles. The van der Waals surface area contributed by atoms with Crippen LogP contribution < -0.4 is 10.5 Å². The topological polar surface area (TPSA) is 115 Å². The second kappa shape index (κ2) is 5.41. The molecule has 110 valence electrons. The van der Waals surface area contributed by atoms with Crippen LogP contribution in [0.2, 0.25) is 0 Å². The van der Waals surface area contributed by atoms with Crippen molar-refractivity contribution < 1.29 is 13.3 Å². The molecular weight excluding hydrogens is 294 g/mol. The lowest BCUT2D eigenvalue weighted by atomic mass is 10.2. The molecule has 21 heavy (non-hydrogen) atoms. The zero-order valence-corrected chi connectivity index (χ0v) is 11.9. The van der Waals surface area contributed by atoms with E-state index < -0.39 is 25.5 Å². The number of nitrogens with zero attached hydrogens (tertiary/aromatic N) is 1. The van der Waals surface area contributed by atoms with E-state index in [1.165, 1.54) is 6.07 Å². The number of nitrogens with two attached hydrogens (primary N) is 1. The lowest BCUT2D eigenvalue weighted by molar-refractivity contribution is -0.387. The monoisotopic (exact) mass is 307 g/mol. The quantitative estimate of drug-likeness (QED) is 0.511. The Balaban J connectivity index is 2.50. The predicted molar refractivity (Wildman–Crippen MR) is 79.5 cm³/mol. The molecule has 0 amide bonds. The molecule has 0 aliphatic rings. The summed E-state index contributed by atoms with van der Waals surface area (Å²) in [5.74, 6) is 0. The highest BCUT2D eigenvalue weighted by Gasteiger charge is 2.26. The van der Waals surface area contributed by atoms with E-state index in [2.05, 4.69) is 4.72 Å². The first-order valence-corrected chi connectivity index (χ1v) is 7.42. The van der Waals surface area contributed by atoms with Gasteiger partial charge in [0, 0.05) is 11.8 Å². The molecule has 7 nitrogen and oxygen atoms in total. The Hall–Kier alpha value is -2.61. The van der Waals surface area contributed by atoms with Crippen molar-refractivity contribution in [2.45, 2.75) is 11.8 Å². The van der Waals surface area contributed by atoms with Crippen LogP contribution in [0.4, 0.5) is 17.1 Å². The molecule has 0 radical (unpaired) electrons. The van der Waals surface area contributed by atoms with E-state index >= 15 is 0 Å². The summed E-state index contributed by atoms with van der Waals surface area (Å²) in [6, 6.07) is 10.2. The number of nitrogen functional groups attached to an aromatic ring is 1. The van der Waals surface area contributed by atoms with Crippen molar-refractivity contribution in [3.05, 3.63) is 58.1 Å². The van der Waals surface area contributed by atoms with Crippen molar-refractivity contribution in [3.63, 3.8) is 0 Å². The van der Waals surface area contributed by atoms with Crippen LogP contribution in [0, 0.1) is 17.0 Å². The first kappa shape index (κ1) is 14.8. The Morgan fingerprint density at radius 2 is 1.86 bits per heavy atom. The van der Waals surface area contributed by atoms with Gasteiger partial charge in [-0.2, -0.15) is 0 Å². The van der Waals surface area contributed by atoms with Crippen molar-refractivity contribution in [2.75, 3.05) is 10.5 Å². The number of benzene rings is 2. The Morgan fingerprint density at radius 3 is 2.48 bits per heavy atom. The maximum Gasteiger partial charge on any atom is 0.291 e. The summed E-state index contributed by atoms with van der Waals surface area (Å²) in [5.41, 5.74) is 6.10. The minimum Gasteiger partial charge on any atom is -0.399 e. The van der Waals surface area contributed by atoms with Crippen LogP contribution in [-0.2, 0) is 10.0 Å².